The lowest BCUT2D eigenvalue weighted by molar-refractivity contribution is -0.133. The zero-order valence-corrected chi connectivity index (χ0v) is 18.8. The summed E-state index contributed by atoms with van der Waals surface area (Å²) in [6.07, 6.45) is 5.68. The monoisotopic (exact) mass is 469 g/mol. The fourth-order valence-electron chi connectivity index (χ4n) is 4.55. The molecule has 2 fully saturated rings. The average molecular weight is 470 g/mol. The zero-order chi connectivity index (χ0) is 22.7. The molecule has 0 bridgehead atoms. The van der Waals surface area contributed by atoms with Gasteiger partial charge in [0.2, 0.25) is 15.9 Å². The molecule has 2 heterocycles. The Labute approximate surface area is 187 Å². The number of allylic oxidation sites excluding steroid dienone is 1. The van der Waals surface area contributed by atoms with Crippen LogP contribution in [0.25, 0.3) is 6.08 Å². The number of ether oxygens (including phenoxy) is 1. The summed E-state index contributed by atoms with van der Waals surface area (Å²) in [5, 5.41) is 0. The number of aryl methyl sites for hydroxylation is 1. The first-order chi connectivity index (χ1) is 15.3. The molecule has 1 amide bonds. The van der Waals surface area contributed by atoms with Crippen molar-refractivity contribution in [2.75, 3.05) is 45.8 Å². The maximum atomic E-state index is 13.2. The van der Waals surface area contributed by atoms with E-state index in [4.69, 9.17) is 0 Å². The predicted octanol–water partition coefficient (Wildman–Crippen LogP) is 2.54. The summed E-state index contributed by atoms with van der Waals surface area (Å²) in [5.74, 6) is 0.205. The lowest BCUT2D eigenvalue weighted by Crippen LogP contribution is -2.52. The molecule has 0 radical (unpaired) electrons. The number of rotatable bonds is 6. The largest absolute Gasteiger partial charge is 0.435 e. The second-order valence-corrected chi connectivity index (χ2v) is 10.5. The molecule has 10 heteroatoms. The van der Waals surface area contributed by atoms with E-state index in [0.717, 1.165) is 31.5 Å². The van der Waals surface area contributed by atoms with Gasteiger partial charge in [-0.25, -0.2) is 8.42 Å². The van der Waals surface area contributed by atoms with E-state index in [1.165, 1.54) is 16.8 Å². The van der Waals surface area contributed by atoms with Gasteiger partial charge in [-0.15, -0.1) is 0 Å². The number of hydrogen-bond acceptors (Lipinski definition) is 5. The first-order valence-corrected chi connectivity index (χ1v) is 12.6. The summed E-state index contributed by atoms with van der Waals surface area (Å²) < 4.78 is 57.1. The molecule has 7 nitrogen and oxygen atoms in total. The van der Waals surface area contributed by atoms with Gasteiger partial charge < -0.3 is 9.64 Å². The van der Waals surface area contributed by atoms with Crippen molar-refractivity contribution in [2.45, 2.75) is 38.7 Å². The highest BCUT2D eigenvalue weighted by molar-refractivity contribution is 7.93. The number of sulfonamides is 1. The summed E-state index contributed by atoms with van der Waals surface area (Å²) in [4.78, 5) is 16.8. The van der Waals surface area contributed by atoms with Gasteiger partial charge in [0.25, 0.3) is 0 Å². The van der Waals surface area contributed by atoms with Crippen LogP contribution >= 0.6 is 0 Å². The number of piperazine rings is 1. The highest BCUT2D eigenvalue weighted by Crippen LogP contribution is 2.32. The van der Waals surface area contributed by atoms with Gasteiger partial charge in [0, 0.05) is 39.3 Å². The molecule has 176 valence electrons. The van der Waals surface area contributed by atoms with Crippen LogP contribution in [0.4, 0.5) is 8.78 Å². The number of amides is 1. The van der Waals surface area contributed by atoms with Gasteiger partial charge in [-0.3, -0.25) is 9.69 Å². The summed E-state index contributed by atoms with van der Waals surface area (Å²) in [5.41, 5.74) is 1.50. The first-order valence-electron chi connectivity index (χ1n) is 11.1. The number of piperidine rings is 1. The molecule has 0 aromatic heterocycles. The highest BCUT2D eigenvalue weighted by atomic mass is 32.2. The van der Waals surface area contributed by atoms with Crippen LogP contribution in [-0.2, 0) is 21.2 Å². The van der Waals surface area contributed by atoms with Crippen molar-refractivity contribution in [2.24, 2.45) is 0 Å². The van der Waals surface area contributed by atoms with E-state index in [1.807, 2.05) is 9.80 Å². The van der Waals surface area contributed by atoms with E-state index in [9.17, 15) is 22.0 Å². The third-order valence-electron chi connectivity index (χ3n) is 6.37. The molecule has 2 saturated heterocycles. The Kier molecular flexibility index (Phi) is 7.11. The molecule has 0 atom stereocenters. The van der Waals surface area contributed by atoms with Crippen molar-refractivity contribution in [3.8, 4) is 5.75 Å². The van der Waals surface area contributed by atoms with Crippen molar-refractivity contribution < 1.29 is 26.7 Å². The van der Waals surface area contributed by atoms with E-state index in [2.05, 4.69) is 4.74 Å². The van der Waals surface area contributed by atoms with E-state index < -0.39 is 16.6 Å². The molecule has 4 rings (SSSR count). The summed E-state index contributed by atoms with van der Waals surface area (Å²) >= 11 is 0. The van der Waals surface area contributed by atoms with E-state index >= 15 is 0 Å². The fourth-order valence-corrected chi connectivity index (χ4v) is 6.16. The summed E-state index contributed by atoms with van der Waals surface area (Å²) in [6, 6.07) is 4.58. The Morgan fingerprint density at radius 3 is 2.41 bits per heavy atom. The van der Waals surface area contributed by atoms with Crippen LogP contribution in [0.3, 0.4) is 0 Å². The van der Waals surface area contributed by atoms with Crippen LogP contribution in [0.5, 0.6) is 5.75 Å². The van der Waals surface area contributed by atoms with Crippen LogP contribution in [0.2, 0.25) is 0 Å². The number of hydrogen-bond donors (Lipinski definition) is 0. The Bertz CT molecular complexity index is 969. The summed E-state index contributed by atoms with van der Waals surface area (Å²) in [7, 11) is -3.61. The lowest BCUT2D eigenvalue weighted by atomic mass is 9.97. The molecule has 32 heavy (non-hydrogen) atoms. The first kappa shape index (κ1) is 23.1. The second kappa shape index (κ2) is 9.84. The van der Waals surface area contributed by atoms with Gasteiger partial charge in [-0.05, 0) is 61.4 Å². The van der Waals surface area contributed by atoms with Crippen molar-refractivity contribution in [3.05, 3.63) is 34.2 Å². The SMILES string of the molecule is O=C(CN1CCN(S(=O)(=O)C2=Cc3ccc(OC(F)F)cc3CC2)CC1)N1CCCCC1. The smallest absolute Gasteiger partial charge is 0.387 e. The maximum Gasteiger partial charge on any atom is 0.387 e. The minimum Gasteiger partial charge on any atom is -0.435 e. The minimum atomic E-state index is -3.61. The minimum absolute atomic E-state index is 0.0775. The molecule has 0 unspecified atom stereocenters. The molecular formula is C22H29F2N3O4S. The van der Waals surface area contributed by atoms with E-state index in [0.29, 0.717) is 56.0 Å². The van der Waals surface area contributed by atoms with Crippen LogP contribution in [-0.4, -0.2) is 80.9 Å². The standard InChI is InChI=1S/C22H29F2N3O4S/c23-22(24)31-19-6-4-18-15-20(7-5-17(18)14-19)32(29,30)27-12-10-25(11-13-27)16-21(28)26-8-2-1-3-9-26/h4,6,14-15,22H,1-3,5,7-13,16H2. The number of carbonyl (C=O) groups excluding carboxylic acids is 1. The Morgan fingerprint density at radius 2 is 1.72 bits per heavy atom. The molecule has 1 aromatic carbocycles. The van der Waals surface area contributed by atoms with Crippen molar-refractivity contribution in [3.63, 3.8) is 0 Å². The Balaban J connectivity index is 1.36. The highest BCUT2D eigenvalue weighted by Gasteiger charge is 2.32. The van der Waals surface area contributed by atoms with E-state index in [1.54, 1.807) is 18.2 Å². The Hall–Kier alpha value is -2.04. The number of nitrogens with zero attached hydrogens (tertiary/aromatic N) is 3. The molecule has 2 aliphatic heterocycles. The number of fused-ring (bicyclic) bond motifs is 1. The van der Waals surface area contributed by atoms with Gasteiger partial charge >= 0.3 is 6.61 Å². The molecule has 1 aliphatic carbocycles. The molecule has 1 aromatic rings. The normalized spacial score (nSPS) is 20.7. The number of carbonyl (C=O) groups is 1. The number of benzene rings is 1. The second-order valence-electron chi connectivity index (χ2n) is 8.47. The predicted molar refractivity (Wildman–Crippen MR) is 117 cm³/mol. The van der Waals surface area contributed by atoms with Gasteiger partial charge in [0.05, 0.1) is 11.4 Å². The van der Waals surface area contributed by atoms with Crippen LogP contribution in [0, 0.1) is 0 Å². The lowest BCUT2D eigenvalue weighted by Gasteiger charge is -2.36. The fraction of sp³-hybridized carbons (Fsp3) is 0.591. The third-order valence-corrected chi connectivity index (χ3v) is 8.40. The van der Waals surface area contributed by atoms with E-state index in [-0.39, 0.29) is 11.7 Å². The number of halogens is 2. The van der Waals surface area contributed by atoms with Crippen molar-refractivity contribution >= 4 is 22.0 Å². The van der Waals surface area contributed by atoms with Crippen LogP contribution in [0.1, 0.15) is 36.8 Å². The topological polar surface area (TPSA) is 70.2 Å². The van der Waals surface area contributed by atoms with Gasteiger partial charge in [0.15, 0.2) is 0 Å². The van der Waals surface area contributed by atoms with Gasteiger partial charge in [-0.2, -0.15) is 13.1 Å². The van der Waals surface area contributed by atoms with Crippen molar-refractivity contribution in [1.29, 1.82) is 0 Å². The molecule has 3 aliphatic rings. The van der Waals surface area contributed by atoms with Crippen molar-refractivity contribution in [1.82, 2.24) is 14.1 Å². The number of alkyl halides is 2. The number of likely N-dealkylation sites (tertiary alicyclic amines) is 1. The zero-order valence-electron chi connectivity index (χ0n) is 18.0. The van der Waals surface area contributed by atoms with Gasteiger partial charge in [-0.1, -0.05) is 6.07 Å². The molecule has 0 saturated carbocycles. The molecular weight excluding hydrogens is 440 g/mol. The Morgan fingerprint density at radius 1 is 1.00 bits per heavy atom. The van der Waals surface area contributed by atoms with Crippen LogP contribution < -0.4 is 4.74 Å². The molecule has 0 N–H and O–H groups in total. The quantitative estimate of drug-likeness (QED) is 0.641. The third kappa shape index (κ3) is 5.29. The average Bonchev–Trinajstić information content (AvgIpc) is 2.79. The van der Waals surface area contributed by atoms with Crippen LogP contribution in [0.15, 0.2) is 23.1 Å². The summed E-state index contributed by atoms with van der Waals surface area (Å²) in [6.45, 7) is 0.831. The molecule has 0 spiro atoms. The maximum absolute atomic E-state index is 13.2. The van der Waals surface area contributed by atoms with Gasteiger partial charge in [0.1, 0.15) is 5.75 Å².